The van der Waals surface area contributed by atoms with Crippen molar-refractivity contribution in [1.29, 1.82) is 0 Å². The first kappa shape index (κ1) is 20.4. The molecule has 1 N–H and O–H groups in total. The molecule has 0 bridgehead atoms. The Hall–Kier alpha value is -1.92. The van der Waals surface area contributed by atoms with Crippen LogP contribution in [-0.2, 0) is 24.2 Å². The third kappa shape index (κ3) is 4.81. The highest BCUT2D eigenvalue weighted by Gasteiger charge is 2.23. The van der Waals surface area contributed by atoms with E-state index in [1.54, 1.807) is 0 Å². The Kier molecular flexibility index (Phi) is 6.50. The van der Waals surface area contributed by atoms with E-state index in [1.807, 2.05) is 18.3 Å². The van der Waals surface area contributed by atoms with E-state index in [0.717, 1.165) is 23.7 Å². The zero-order valence-electron chi connectivity index (χ0n) is 16.9. The van der Waals surface area contributed by atoms with Crippen LogP contribution in [-0.4, -0.2) is 24.7 Å². The molecule has 152 valence electrons. The topological polar surface area (TPSA) is 36.2 Å². The lowest BCUT2D eigenvalue weighted by molar-refractivity contribution is -0.693. The summed E-state index contributed by atoms with van der Waals surface area (Å²) in [7, 11) is 1.54. The van der Waals surface area contributed by atoms with Gasteiger partial charge in [0, 0.05) is 43.9 Å². The Balaban J connectivity index is 1.65. The highest BCUT2D eigenvalue weighted by Crippen LogP contribution is 2.36. The van der Waals surface area contributed by atoms with Crippen LogP contribution in [0.4, 0.5) is 11.4 Å². The molecule has 3 heterocycles. The molecule has 2 aliphatic rings. The predicted molar refractivity (Wildman–Crippen MR) is 127 cm³/mol. The van der Waals surface area contributed by atoms with Crippen molar-refractivity contribution < 1.29 is 9.36 Å². The SMILES string of the molecule is CC(=O)Nc1cc[n+](CCSS)c(/C=C/c2cc3c4c(c2)CCCN4CCC3)c1. The summed E-state index contributed by atoms with van der Waals surface area (Å²) in [5.74, 6) is 0.870. The van der Waals surface area contributed by atoms with E-state index >= 15 is 0 Å². The Morgan fingerprint density at radius 1 is 1.21 bits per heavy atom. The first-order valence-electron chi connectivity index (χ1n) is 10.3. The molecule has 29 heavy (non-hydrogen) atoms. The van der Waals surface area contributed by atoms with Crippen molar-refractivity contribution in [2.75, 3.05) is 29.1 Å². The molecule has 2 aliphatic heterocycles. The third-order valence-corrected chi connectivity index (χ3v) is 6.53. The van der Waals surface area contributed by atoms with Gasteiger partial charge in [-0.2, -0.15) is 4.57 Å². The minimum atomic E-state index is -0.0538. The number of anilines is 2. The van der Waals surface area contributed by atoms with Crippen molar-refractivity contribution in [1.82, 2.24) is 0 Å². The monoisotopic (exact) mass is 426 g/mol. The van der Waals surface area contributed by atoms with Gasteiger partial charge in [-0.1, -0.05) is 10.8 Å². The van der Waals surface area contributed by atoms with Gasteiger partial charge in [0.1, 0.15) is 0 Å². The molecule has 0 spiro atoms. The minimum Gasteiger partial charge on any atom is -0.371 e. The van der Waals surface area contributed by atoms with Crippen LogP contribution < -0.4 is 14.8 Å². The summed E-state index contributed by atoms with van der Waals surface area (Å²) >= 11 is 4.27. The van der Waals surface area contributed by atoms with E-state index < -0.39 is 0 Å². The number of nitrogens with zero attached hydrogens (tertiary/aromatic N) is 2. The number of rotatable bonds is 6. The summed E-state index contributed by atoms with van der Waals surface area (Å²) in [6, 6.07) is 8.70. The second-order valence-corrected chi connectivity index (χ2v) is 9.20. The number of carbonyl (C=O) groups is 1. The highest BCUT2D eigenvalue weighted by molar-refractivity contribution is 8.68. The average Bonchev–Trinajstić information content (AvgIpc) is 2.71. The normalized spacial score (nSPS) is 15.4. The van der Waals surface area contributed by atoms with E-state index in [-0.39, 0.29) is 5.91 Å². The molecule has 0 atom stereocenters. The maximum Gasteiger partial charge on any atom is 0.221 e. The van der Waals surface area contributed by atoms with E-state index in [2.05, 4.69) is 50.7 Å². The van der Waals surface area contributed by atoms with Crippen molar-refractivity contribution in [3.05, 3.63) is 52.8 Å². The van der Waals surface area contributed by atoms with Gasteiger partial charge >= 0.3 is 0 Å². The molecule has 1 aromatic heterocycles. The molecule has 1 amide bonds. The van der Waals surface area contributed by atoms with Gasteiger partial charge in [0.15, 0.2) is 12.7 Å². The predicted octanol–water partition coefficient (Wildman–Crippen LogP) is 4.38. The van der Waals surface area contributed by atoms with Crippen molar-refractivity contribution in [3.63, 3.8) is 0 Å². The van der Waals surface area contributed by atoms with Crippen LogP contribution >= 0.6 is 22.5 Å². The van der Waals surface area contributed by atoms with Crippen molar-refractivity contribution in [2.45, 2.75) is 39.2 Å². The smallest absolute Gasteiger partial charge is 0.221 e. The molecule has 0 saturated carbocycles. The summed E-state index contributed by atoms with van der Waals surface area (Å²) < 4.78 is 2.20. The average molecular weight is 427 g/mol. The van der Waals surface area contributed by atoms with E-state index in [4.69, 9.17) is 0 Å². The molecule has 2 aromatic rings. The molecule has 1 aromatic carbocycles. The number of thiol groups is 1. The van der Waals surface area contributed by atoms with Gasteiger partial charge in [0.2, 0.25) is 11.6 Å². The molecular formula is C23H28N3OS2+. The lowest BCUT2D eigenvalue weighted by atomic mass is 9.90. The maximum atomic E-state index is 11.4. The Labute approximate surface area is 182 Å². The van der Waals surface area contributed by atoms with E-state index in [0.29, 0.717) is 0 Å². The highest BCUT2D eigenvalue weighted by atomic mass is 33.1. The second kappa shape index (κ2) is 9.26. The Bertz CT molecular complexity index is 911. The number of pyridine rings is 1. The van der Waals surface area contributed by atoms with Crippen LogP contribution in [0.15, 0.2) is 30.5 Å². The second-order valence-electron chi connectivity index (χ2n) is 7.76. The fraction of sp³-hybridized carbons (Fsp3) is 0.391. The molecule has 0 unspecified atom stereocenters. The lowest BCUT2D eigenvalue weighted by Crippen LogP contribution is -2.37. The van der Waals surface area contributed by atoms with Gasteiger partial charge in [-0.15, -0.1) is 11.7 Å². The summed E-state index contributed by atoms with van der Waals surface area (Å²) in [5.41, 5.74) is 7.67. The summed E-state index contributed by atoms with van der Waals surface area (Å²) in [6.07, 6.45) is 11.3. The van der Waals surface area contributed by atoms with Crippen molar-refractivity contribution >= 4 is 51.9 Å². The standard InChI is InChI=1S/C23H27N3OS2/c1-17(27)24-21-8-11-25(12-13-29-28)22(16-21)7-6-18-14-19-4-2-9-26-10-3-5-20(15-18)23(19)26/h6-8,11,14-16,28H,2-5,9-10,12-13H2,1H3/p+1/b7-6+. The van der Waals surface area contributed by atoms with Crippen LogP contribution in [0.25, 0.3) is 12.2 Å². The number of hydrogen-bond acceptors (Lipinski definition) is 4. The minimum absolute atomic E-state index is 0.0538. The molecule has 6 heteroatoms. The van der Waals surface area contributed by atoms with Crippen LogP contribution in [0.3, 0.4) is 0 Å². The number of aromatic nitrogens is 1. The molecule has 0 radical (unpaired) electrons. The lowest BCUT2D eigenvalue weighted by Gasteiger charge is -2.37. The van der Waals surface area contributed by atoms with Crippen LogP contribution in [0.2, 0.25) is 0 Å². The largest absolute Gasteiger partial charge is 0.371 e. The Morgan fingerprint density at radius 2 is 1.93 bits per heavy atom. The summed E-state index contributed by atoms with van der Waals surface area (Å²) in [4.78, 5) is 14.0. The summed E-state index contributed by atoms with van der Waals surface area (Å²) in [6.45, 7) is 4.82. The zero-order valence-corrected chi connectivity index (χ0v) is 18.6. The maximum absolute atomic E-state index is 11.4. The number of nitrogens with one attached hydrogen (secondary N) is 1. The van der Waals surface area contributed by atoms with Gasteiger partial charge in [0.25, 0.3) is 0 Å². The summed E-state index contributed by atoms with van der Waals surface area (Å²) in [5, 5.41) is 2.89. The van der Waals surface area contributed by atoms with Crippen molar-refractivity contribution in [3.8, 4) is 0 Å². The first-order chi connectivity index (χ1) is 14.1. The number of benzene rings is 1. The Morgan fingerprint density at radius 3 is 2.59 bits per heavy atom. The quantitative estimate of drug-likeness (QED) is 0.409. The van der Waals surface area contributed by atoms with E-state index in [9.17, 15) is 4.79 Å². The molecule has 4 nitrogen and oxygen atoms in total. The molecule has 0 fully saturated rings. The van der Waals surface area contributed by atoms with Crippen LogP contribution in [0.1, 0.15) is 42.1 Å². The van der Waals surface area contributed by atoms with Gasteiger partial charge in [-0.3, -0.25) is 4.79 Å². The molecule has 4 rings (SSSR count). The van der Waals surface area contributed by atoms with Gasteiger partial charge in [-0.25, -0.2) is 0 Å². The molecule has 0 aliphatic carbocycles. The molecular weight excluding hydrogens is 398 g/mol. The number of amides is 1. The van der Waals surface area contributed by atoms with Gasteiger partial charge in [-0.05, 0) is 60.6 Å². The van der Waals surface area contributed by atoms with Gasteiger partial charge < -0.3 is 10.2 Å². The van der Waals surface area contributed by atoms with E-state index in [1.165, 1.54) is 78.9 Å². The third-order valence-electron chi connectivity index (χ3n) is 5.61. The van der Waals surface area contributed by atoms with Crippen molar-refractivity contribution in [2.24, 2.45) is 0 Å². The number of carbonyl (C=O) groups excluding carboxylic acids is 1. The zero-order chi connectivity index (χ0) is 20.2. The van der Waals surface area contributed by atoms with Crippen LogP contribution in [0, 0.1) is 0 Å². The number of aryl methyl sites for hydroxylation is 3. The first-order valence-corrected chi connectivity index (χ1v) is 12.3. The fourth-order valence-electron chi connectivity index (χ4n) is 4.42. The fourth-order valence-corrected chi connectivity index (χ4v) is 4.95. The van der Waals surface area contributed by atoms with Crippen LogP contribution in [0.5, 0.6) is 0 Å². The number of hydrogen-bond donors (Lipinski definition) is 2. The molecule has 0 saturated heterocycles. The van der Waals surface area contributed by atoms with Gasteiger partial charge in [0.05, 0.1) is 11.4 Å².